The first-order chi connectivity index (χ1) is 9.15. The molecule has 0 amide bonds. The third-order valence-corrected chi connectivity index (χ3v) is 2.67. The van der Waals surface area contributed by atoms with E-state index in [-0.39, 0.29) is 0 Å². The second-order valence-corrected chi connectivity index (χ2v) is 4.71. The van der Waals surface area contributed by atoms with E-state index in [2.05, 4.69) is 41.4 Å². The molecule has 0 saturated carbocycles. The lowest BCUT2D eigenvalue weighted by molar-refractivity contribution is 0.0765. The molecule has 0 radical (unpaired) electrons. The molecule has 1 rings (SSSR count). The van der Waals surface area contributed by atoms with Gasteiger partial charge in [0.05, 0.1) is 6.10 Å². The largest absolute Gasteiger partial charge is 0.379 e. The number of aryl methyl sites for hydroxylation is 1. The molecule has 0 fully saturated rings. The van der Waals surface area contributed by atoms with Crippen molar-refractivity contribution in [1.82, 2.24) is 9.97 Å². The Labute approximate surface area is 116 Å². The summed E-state index contributed by atoms with van der Waals surface area (Å²) in [5.74, 6) is 2.61. The third kappa shape index (κ3) is 6.38. The van der Waals surface area contributed by atoms with Crippen LogP contribution in [0.25, 0.3) is 0 Å². The Morgan fingerprint density at radius 1 is 1.21 bits per heavy atom. The van der Waals surface area contributed by atoms with Gasteiger partial charge in [0.2, 0.25) is 0 Å². The van der Waals surface area contributed by atoms with Crippen molar-refractivity contribution in [2.75, 3.05) is 30.8 Å². The highest BCUT2D eigenvalue weighted by Crippen LogP contribution is 2.11. The summed E-state index contributed by atoms with van der Waals surface area (Å²) >= 11 is 0. The van der Waals surface area contributed by atoms with Crippen LogP contribution in [0.5, 0.6) is 0 Å². The molecular weight excluding hydrogens is 240 g/mol. The van der Waals surface area contributed by atoms with E-state index < -0.39 is 0 Å². The van der Waals surface area contributed by atoms with Crippen molar-refractivity contribution in [3.8, 4) is 0 Å². The number of aromatic nitrogens is 2. The van der Waals surface area contributed by atoms with E-state index in [4.69, 9.17) is 4.74 Å². The van der Waals surface area contributed by atoms with Gasteiger partial charge in [0, 0.05) is 32.7 Å². The molecule has 0 saturated heterocycles. The topological polar surface area (TPSA) is 59.1 Å². The van der Waals surface area contributed by atoms with E-state index in [0.29, 0.717) is 6.10 Å². The lowest BCUT2D eigenvalue weighted by Gasteiger charge is -2.10. The van der Waals surface area contributed by atoms with Gasteiger partial charge in [0.25, 0.3) is 0 Å². The van der Waals surface area contributed by atoms with Crippen LogP contribution in [0.2, 0.25) is 0 Å². The third-order valence-electron chi connectivity index (χ3n) is 2.67. The molecule has 5 heteroatoms. The summed E-state index contributed by atoms with van der Waals surface area (Å²) in [6, 6.07) is 1.93. The first-order valence-electron chi connectivity index (χ1n) is 7.07. The summed E-state index contributed by atoms with van der Waals surface area (Å²) in [6.45, 7) is 7.91. The summed E-state index contributed by atoms with van der Waals surface area (Å²) in [7, 11) is 1.87. The highest BCUT2D eigenvalue weighted by Gasteiger charge is 2.02. The van der Waals surface area contributed by atoms with Crippen molar-refractivity contribution in [1.29, 1.82) is 0 Å². The molecule has 0 aliphatic rings. The van der Waals surface area contributed by atoms with E-state index in [1.807, 2.05) is 13.1 Å². The Bertz CT molecular complexity index is 346. The van der Waals surface area contributed by atoms with E-state index in [9.17, 15) is 0 Å². The highest BCUT2D eigenvalue weighted by atomic mass is 16.5. The Morgan fingerprint density at radius 2 is 1.95 bits per heavy atom. The van der Waals surface area contributed by atoms with E-state index >= 15 is 0 Å². The normalized spacial score (nSPS) is 10.8. The molecule has 0 atom stereocenters. The van der Waals surface area contributed by atoms with Gasteiger partial charge in [-0.3, -0.25) is 0 Å². The van der Waals surface area contributed by atoms with Crippen LogP contribution in [0.3, 0.4) is 0 Å². The van der Waals surface area contributed by atoms with Gasteiger partial charge in [0.1, 0.15) is 17.5 Å². The Morgan fingerprint density at radius 3 is 2.58 bits per heavy atom. The minimum Gasteiger partial charge on any atom is -0.379 e. The molecule has 2 N–H and O–H groups in total. The zero-order valence-electron chi connectivity index (χ0n) is 12.5. The average Bonchev–Trinajstić information content (AvgIpc) is 2.41. The maximum atomic E-state index is 5.50. The van der Waals surface area contributed by atoms with Crippen molar-refractivity contribution < 1.29 is 4.74 Å². The van der Waals surface area contributed by atoms with Crippen molar-refractivity contribution in [2.24, 2.45) is 0 Å². The van der Waals surface area contributed by atoms with Crippen molar-refractivity contribution in [3.05, 3.63) is 11.9 Å². The quantitative estimate of drug-likeness (QED) is 0.673. The van der Waals surface area contributed by atoms with Crippen molar-refractivity contribution in [2.45, 2.75) is 46.1 Å². The second-order valence-electron chi connectivity index (χ2n) is 4.71. The van der Waals surface area contributed by atoms with Crippen molar-refractivity contribution in [3.63, 3.8) is 0 Å². The molecule has 0 aliphatic heterocycles. The lowest BCUT2D eigenvalue weighted by atomic mass is 10.3. The van der Waals surface area contributed by atoms with Crippen LogP contribution in [0.15, 0.2) is 6.07 Å². The van der Waals surface area contributed by atoms with Crippen LogP contribution >= 0.6 is 0 Å². The summed E-state index contributed by atoms with van der Waals surface area (Å²) in [5.41, 5.74) is 0. The van der Waals surface area contributed by atoms with E-state index in [1.54, 1.807) is 0 Å². The van der Waals surface area contributed by atoms with Crippen LogP contribution in [-0.4, -0.2) is 36.3 Å². The van der Waals surface area contributed by atoms with Gasteiger partial charge in [-0.15, -0.1) is 0 Å². The molecular formula is C14H26N4O. The van der Waals surface area contributed by atoms with Crippen LogP contribution in [-0.2, 0) is 11.2 Å². The maximum Gasteiger partial charge on any atom is 0.132 e. The standard InChI is InChI=1S/C14H26N4O/c1-5-12-17-13(15-4)10-14(18-12)16-8-6-7-9-19-11(2)3/h10-11H,5-9H2,1-4H3,(H2,15,16,17,18). The molecule has 5 nitrogen and oxygen atoms in total. The molecule has 108 valence electrons. The molecule has 1 heterocycles. The van der Waals surface area contributed by atoms with Crippen molar-refractivity contribution >= 4 is 11.6 Å². The molecule has 19 heavy (non-hydrogen) atoms. The molecule has 0 aliphatic carbocycles. The van der Waals surface area contributed by atoms with E-state index in [1.165, 1.54) is 0 Å². The molecule has 0 spiro atoms. The number of nitrogens with zero attached hydrogens (tertiary/aromatic N) is 2. The number of unbranched alkanes of at least 4 members (excludes halogenated alkanes) is 1. The smallest absolute Gasteiger partial charge is 0.132 e. The zero-order valence-corrected chi connectivity index (χ0v) is 12.5. The van der Waals surface area contributed by atoms with Gasteiger partial charge in [0.15, 0.2) is 0 Å². The van der Waals surface area contributed by atoms with Crippen LogP contribution in [0, 0.1) is 0 Å². The Kier molecular flexibility index (Phi) is 7.18. The maximum absolute atomic E-state index is 5.50. The minimum atomic E-state index is 0.320. The monoisotopic (exact) mass is 266 g/mol. The Hall–Kier alpha value is -1.36. The number of hydrogen-bond acceptors (Lipinski definition) is 5. The fourth-order valence-corrected chi connectivity index (χ4v) is 1.64. The SMILES string of the molecule is CCc1nc(NC)cc(NCCCCOC(C)C)n1. The second kappa shape index (κ2) is 8.69. The van der Waals surface area contributed by atoms with Gasteiger partial charge >= 0.3 is 0 Å². The molecule has 0 bridgehead atoms. The van der Waals surface area contributed by atoms with Crippen LogP contribution < -0.4 is 10.6 Å². The van der Waals surface area contributed by atoms with Gasteiger partial charge in [-0.1, -0.05) is 6.92 Å². The van der Waals surface area contributed by atoms with E-state index in [0.717, 1.165) is 49.9 Å². The molecule has 1 aromatic rings. The molecule has 0 unspecified atom stereocenters. The minimum absolute atomic E-state index is 0.320. The predicted octanol–water partition coefficient (Wildman–Crippen LogP) is 2.70. The van der Waals surface area contributed by atoms with Gasteiger partial charge in [-0.05, 0) is 26.7 Å². The molecule has 0 aromatic carbocycles. The Balaban J connectivity index is 2.32. The van der Waals surface area contributed by atoms with Gasteiger partial charge in [-0.25, -0.2) is 9.97 Å². The van der Waals surface area contributed by atoms with Gasteiger partial charge < -0.3 is 15.4 Å². The molecule has 1 aromatic heterocycles. The first kappa shape index (κ1) is 15.7. The number of nitrogens with one attached hydrogen (secondary N) is 2. The predicted molar refractivity (Wildman–Crippen MR) is 79.8 cm³/mol. The van der Waals surface area contributed by atoms with Crippen LogP contribution in [0.4, 0.5) is 11.6 Å². The lowest BCUT2D eigenvalue weighted by Crippen LogP contribution is -2.09. The number of anilines is 2. The summed E-state index contributed by atoms with van der Waals surface area (Å²) in [6.07, 6.45) is 3.30. The highest BCUT2D eigenvalue weighted by molar-refractivity contribution is 5.47. The zero-order chi connectivity index (χ0) is 14.1. The van der Waals surface area contributed by atoms with Gasteiger partial charge in [-0.2, -0.15) is 0 Å². The fraction of sp³-hybridized carbons (Fsp3) is 0.714. The number of rotatable bonds is 9. The first-order valence-corrected chi connectivity index (χ1v) is 7.07. The number of ether oxygens (including phenoxy) is 1. The fourth-order valence-electron chi connectivity index (χ4n) is 1.64. The summed E-state index contributed by atoms with van der Waals surface area (Å²) in [5, 5.41) is 6.39. The summed E-state index contributed by atoms with van der Waals surface area (Å²) < 4.78 is 5.50. The average molecular weight is 266 g/mol. The van der Waals surface area contributed by atoms with Crippen LogP contribution in [0.1, 0.15) is 39.4 Å². The number of hydrogen-bond donors (Lipinski definition) is 2. The summed E-state index contributed by atoms with van der Waals surface area (Å²) in [4.78, 5) is 8.82.